The van der Waals surface area contributed by atoms with Crippen molar-refractivity contribution in [3.63, 3.8) is 0 Å². The molecule has 1 aromatic rings. The largest absolute Gasteiger partial charge is 0.468 e. The molecule has 1 N–H and O–H groups in total. The molecule has 0 radical (unpaired) electrons. The van der Waals surface area contributed by atoms with E-state index in [-0.39, 0.29) is 12.0 Å². The van der Waals surface area contributed by atoms with E-state index in [2.05, 4.69) is 10.3 Å². The minimum atomic E-state index is -4.41. The number of alkyl carbamates (subject to hydrolysis) is 1. The first-order valence-electron chi connectivity index (χ1n) is 8.42. The molecule has 0 saturated carbocycles. The molecular weight excluding hydrogens is 351 g/mol. The highest BCUT2D eigenvalue weighted by atomic mass is 19.4. The zero-order chi connectivity index (χ0) is 19.4. The van der Waals surface area contributed by atoms with Gasteiger partial charge in [-0.1, -0.05) is 6.07 Å². The normalized spacial score (nSPS) is 18.4. The van der Waals surface area contributed by atoms with E-state index in [1.807, 2.05) is 25.7 Å². The molecule has 9 heteroatoms. The highest BCUT2D eigenvalue weighted by Crippen LogP contribution is 2.23. The highest BCUT2D eigenvalue weighted by molar-refractivity contribution is 5.68. The molecule has 0 unspecified atom stereocenters. The lowest BCUT2D eigenvalue weighted by atomic mass is 10.1. The van der Waals surface area contributed by atoms with E-state index in [0.717, 1.165) is 12.8 Å². The van der Waals surface area contributed by atoms with Crippen LogP contribution in [0.2, 0.25) is 0 Å². The van der Waals surface area contributed by atoms with Gasteiger partial charge in [-0.3, -0.25) is 0 Å². The Morgan fingerprint density at radius 1 is 1.35 bits per heavy atom. The Bertz CT molecular complexity index is 617. The summed E-state index contributed by atoms with van der Waals surface area (Å²) in [6, 6.07) is 4.66. The Hall–Kier alpha value is -2.19. The number of piperidine rings is 1. The van der Waals surface area contributed by atoms with Crippen LogP contribution in [0.4, 0.5) is 23.8 Å². The number of carbonyl (C=O) groups excluding carboxylic acids is 1. The van der Waals surface area contributed by atoms with Crippen molar-refractivity contribution in [1.29, 1.82) is 0 Å². The number of rotatable bonds is 4. The van der Waals surface area contributed by atoms with Crippen LogP contribution in [0.25, 0.3) is 0 Å². The fourth-order valence-corrected chi connectivity index (χ4v) is 2.55. The van der Waals surface area contributed by atoms with Crippen LogP contribution in [0.1, 0.15) is 33.6 Å². The van der Waals surface area contributed by atoms with Crippen molar-refractivity contribution in [3.05, 3.63) is 18.2 Å². The van der Waals surface area contributed by atoms with Crippen LogP contribution in [0.15, 0.2) is 18.2 Å². The first-order valence-corrected chi connectivity index (χ1v) is 8.42. The smallest absolute Gasteiger partial charge is 0.422 e. The maximum Gasteiger partial charge on any atom is 0.422 e. The van der Waals surface area contributed by atoms with Crippen LogP contribution in [-0.2, 0) is 4.74 Å². The van der Waals surface area contributed by atoms with E-state index in [1.165, 1.54) is 6.07 Å². The van der Waals surface area contributed by atoms with Crippen molar-refractivity contribution >= 4 is 11.9 Å². The van der Waals surface area contributed by atoms with Crippen LogP contribution in [-0.4, -0.2) is 48.6 Å². The number of hydrogen-bond donors (Lipinski definition) is 1. The maximum absolute atomic E-state index is 12.3. The van der Waals surface area contributed by atoms with Gasteiger partial charge >= 0.3 is 12.3 Å². The molecule has 146 valence electrons. The molecule has 0 spiro atoms. The fourth-order valence-electron chi connectivity index (χ4n) is 2.55. The lowest BCUT2D eigenvalue weighted by Gasteiger charge is -2.33. The lowest BCUT2D eigenvalue weighted by Crippen LogP contribution is -2.46. The summed E-state index contributed by atoms with van der Waals surface area (Å²) < 4.78 is 46.9. The Kier molecular flexibility index (Phi) is 6.20. The van der Waals surface area contributed by atoms with Crippen LogP contribution in [0.3, 0.4) is 0 Å². The second kappa shape index (κ2) is 8.01. The summed E-state index contributed by atoms with van der Waals surface area (Å²) in [6.45, 7) is 5.29. The summed E-state index contributed by atoms with van der Waals surface area (Å²) in [5.41, 5.74) is -0.392. The summed E-state index contributed by atoms with van der Waals surface area (Å²) in [7, 11) is 0. The standard InChI is InChI=1S/C17H24F3N3O3/c1-16(2,3)22-15(24)26-12-6-5-9-23(10-12)13-7-4-8-14(21-13)25-11-17(18,19)20/h4,7-8,12H,5-6,9-11H2,1-3H3,(H,22,24)/t12-/m1/s1. The van der Waals surface area contributed by atoms with Gasteiger partial charge in [-0.05, 0) is 39.7 Å². The molecule has 1 fully saturated rings. The summed E-state index contributed by atoms with van der Waals surface area (Å²) in [5.74, 6) is 0.405. The second-order valence-electron chi connectivity index (χ2n) is 7.23. The predicted octanol–water partition coefficient (Wildman–Crippen LogP) is 3.52. The minimum absolute atomic E-state index is 0.0895. The van der Waals surface area contributed by atoms with Crippen molar-refractivity contribution in [2.24, 2.45) is 0 Å². The summed E-state index contributed by atoms with van der Waals surface area (Å²) >= 11 is 0. The van der Waals surface area contributed by atoms with Gasteiger partial charge in [-0.25, -0.2) is 4.79 Å². The summed E-state index contributed by atoms with van der Waals surface area (Å²) in [6.07, 6.45) is -3.71. The van der Waals surface area contributed by atoms with Crippen molar-refractivity contribution in [3.8, 4) is 5.88 Å². The third-order valence-corrected chi connectivity index (χ3v) is 3.55. The van der Waals surface area contributed by atoms with Gasteiger partial charge < -0.3 is 19.7 Å². The molecule has 6 nitrogen and oxygen atoms in total. The number of hydrogen-bond acceptors (Lipinski definition) is 5. The molecule has 1 amide bonds. The van der Waals surface area contributed by atoms with Gasteiger partial charge in [0.25, 0.3) is 0 Å². The Morgan fingerprint density at radius 2 is 2.08 bits per heavy atom. The van der Waals surface area contributed by atoms with Gasteiger partial charge in [0.15, 0.2) is 6.61 Å². The van der Waals surface area contributed by atoms with E-state index in [0.29, 0.717) is 18.9 Å². The summed E-state index contributed by atoms with van der Waals surface area (Å²) in [5, 5.41) is 2.74. The third-order valence-electron chi connectivity index (χ3n) is 3.55. The van der Waals surface area contributed by atoms with Crippen LogP contribution in [0.5, 0.6) is 5.88 Å². The molecule has 26 heavy (non-hydrogen) atoms. The lowest BCUT2D eigenvalue weighted by molar-refractivity contribution is -0.154. The van der Waals surface area contributed by atoms with Gasteiger partial charge in [0.2, 0.25) is 5.88 Å². The number of ether oxygens (including phenoxy) is 2. The zero-order valence-electron chi connectivity index (χ0n) is 15.1. The van der Waals surface area contributed by atoms with E-state index in [9.17, 15) is 18.0 Å². The van der Waals surface area contributed by atoms with Gasteiger partial charge in [0.05, 0.1) is 6.54 Å². The number of alkyl halides is 3. The molecule has 0 aliphatic carbocycles. The van der Waals surface area contributed by atoms with Crippen molar-refractivity contribution in [1.82, 2.24) is 10.3 Å². The quantitative estimate of drug-likeness (QED) is 0.872. The molecule has 0 aromatic carbocycles. The van der Waals surface area contributed by atoms with Gasteiger partial charge in [0.1, 0.15) is 11.9 Å². The molecule has 1 aromatic heterocycles. The molecular formula is C17H24F3N3O3. The van der Waals surface area contributed by atoms with Gasteiger partial charge in [-0.2, -0.15) is 18.2 Å². The van der Waals surface area contributed by atoms with E-state index in [1.54, 1.807) is 12.1 Å². The molecule has 1 atom stereocenters. The Morgan fingerprint density at radius 3 is 2.73 bits per heavy atom. The maximum atomic E-state index is 12.3. The zero-order valence-corrected chi connectivity index (χ0v) is 15.1. The Labute approximate surface area is 150 Å². The van der Waals surface area contributed by atoms with E-state index in [4.69, 9.17) is 9.47 Å². The Balaban J connectivity index is 1.95. The SMILES string of the molecule is CC(C)(C)NC(=O)O[C@@H]1CCCN(c2cccc(OCC(F)(F)F)n2)C1. The fraction of sp³-hybridized carbons (Fsp3) is 0.647. The van der Waals surface area contributed by atoms with Crippen molar-refractivity contribution in [2.45, 2.75) is 51.4 Å². The molecule has 2 heterocycles. The van der Waals surface area contributed by atoms with Crippen LogP contribution >= 0.6 is 0 Å². The molecule has 1 aliphatic rings. The third kappa shape index (κ3) is 6.97. The number of nitrogens with zero attached hydrogens (tertiary/aromatic N) is 2. The monoisotopic (exact) mass is 375 g/mol. The van der Waals surface area contributed by atoms with Crippen LogP contribution in [0, 0.1) is 0 Å². The number of pyridine rings is 1. The van der Waals surface area contributed by atoms with Gasteiger partial charge in [-0.15, -0.1) is 0 Å². The molecule has 0 bridgehead atoms. The average molecular weight is 375 g/mol. The predicted molar refractivity (Wildman–Crippen MR) is 90.4 cm³/mol. The molecule has 1 saturated heterocycles. The first-order chi connectivity index (χ1) is 12.0. The topological polar surface area (TPSA) is 63.7 Å². The number of aromatic nitrogens is 1. The minimum Gasteiger partial charge on any atom is -0.468 e. The molecule has 1 aliphatic heterocycles. The van der Waals surface area contributed by atoms with Gasteiger partial charge in [0, 0.05) is 18.2 Å². The van der Waals surface area contributed by atoms with Crippen molar-refractivity contribution in [2.75, 3.05) is 24.6 Å². The van der Waals surface area contributed by atoms with Crippen molar-refractivity contribution < 1.29 is 27.4 Å². The number of nitrogens with one attached hydrogen (secondary N) is 1. The highest BCUT2D eigenvalue weighted by Gasteiger charge is 2.29. The number of anilines is 1. The van der Waals surface area contributed by atoms with Crippen LogP contribution < -0.4 is 15.0 Å². The number of halogens is 3. The number of amides is 1. The second-order valence-corrected chi connectivity index (χ2v) is 7.23. The van der Waals surface area contributed by atoms with E-state index < -0.39 is 24.4 Å². The molecule has 2 rings (SSSR count). The average Bonchev–Trinajstić information content (AvgIpc) is 2.51. The first kappa shape index (κ1) is 20.1. The number of carbonyl (C=O) groups is 1. The van der Waals surface area contributed by atoms with E-state index >= 15 is 0 Å². The summed E-state index contributed by atoms with van der Waals surface area (Å²) in [4.78, 5) is 17.9.